The Labute approximate surface area is 171 Å². The summed E-state index contributed by atoms with van der Waals surface area (Å²) < 4.78 is 0. The van der Waals surface area contributed by atoms with Gasteiger partial charge in [0.2, 0.25) is 0 Å². The smallest absolute Gasteiger partial charge is 0.184 e. The van der Waals surface area contributed by atoms with Crippen molar-refractivity contribution < 1.29 is 19.8 Å². The van der Waals surface area contributed by atoms with Crippen molar-refractivity contribution in [3.8, 4) is 0 Å². The number of Topliss-reactive ketones (excluding diaryl/α,β-unsaturated/α-hetero) is 2. The Morgan fingerprint density at radius 3 is 1.86 bits per heavy atom. The fourth-order valence-electron chi connectivity index (χ4n) is 3.77. The van der Waals surface area contributed by atoms with E-state index in [2.05, 4.69) is 0 Å². The first-order valence-corrected chi connectivity index (χ1v) is 9.90. The molecule has 0 aliphatic heterocycles. The summed E-state index contributed by atoms with van der Waals surface area (Å²) in [6.45, 7) is 3.60. The third kappa shape index (κ3) is 4.02. The molecule has 0 aromatic heterocycles. The van der Waals surface area contributed by atoms with Crippen LogP contribution >= 0.6 is 0 Å². The van der Waals surface area contributed by atoms with Gasteiger partial charge in [-0.3, -0.25) is 9.59 Å². The molecule has 150 valence electrons. The van der Waals surface area contributed by atoms with Gasteiger partial charge in [0, 0.05) is 12.0 Å². The molecule has 0 saturated carbocycles. The standard InChI is InChI=1S/C25H26O4/c1-3-17(2)23(28)22-20(26)14-21(27)25(24(22)29,15-18-10-6-4-7-11-18)16-19-12-8-5-9-13-19/h4-14,17,26-27H,3,15-16H2,1-2H3. The average molecular weight is 390 g/mol. The molecule has 4 heteroatoms. The van der Waals surface area contributed by atoms with Crippen LogP contribution in [-0.2, 0) is 22.4 Å². The zero-order valence-corrected chi connectivity index (χ0v) is 16.8. The number of rotatable bonds is 7. The lowest BCUT2D eigenvalue weighted by molar-refractivity contribution is -0.129. The van der Waals surface area contributed by atoms with Gasteiger partial charge in [-0.15, -0.1) is 0 Å². The summed E-state index contributed by atoms with van der Waals surface area (Å²) in [5.74, 6) is -1.96. The first kappa shape index (κ1) is 20.6. The Balaban J connectivity index is 2.12. The molecule has 0 bridgehead atoms. The third-order valence-corrected chi connectivity index (χ3v) is 5.69. The van der Waals surface area contributed by atoms with Crippen LogP contribution < -0.4 is 0 Å². The second kappa shape index (κ2) is 8.48. The van der Waals surface area contributed by atoms with Gasteiger partial charge >= 0.3 is 0 Å². The molecule has 4 nitrogen and oxygen atoms in total. The van der Waals surface area contributed by atoms with Crippen LogP contribution in [0.1, 0.15) is 31.4 Å². The molecule has 0 fully saturated rings. The van der Waals surface area contributed by atoms with Crippen LogP contribution in [0.5, 0.6) is 0 Å². The Kier molecular flexibility index (Phi) is 6.02. The van der Waals surface area contributed by atoms with Gasteiger partial charge < -0.3 is 10.2 Å². The number of allylic oxidation sites excluding steroid dienone is 3. The molecule has 2 aromatic carbocycles. The SMILES string of the molecule is CCC(C)C(=O)C1=C(O)C=C(O)C(Cc2ccccc2)(Cc2ccccc2)C1=O. The monoisotopic (exact) mass is 390 g/mol. The molecule has 1 aliphatic carbocycles. The lowest BCUT2D eigenvalue weighted by Crippen LogP contribution is -2.43. The highest BCUT2D eigenvalue weighted by Crippen LogP contribution is 2.42. The van der Waals surface area contributed by atoms with E-state index in [1.165, 1.54) is 6.08 Å². The van der Waals surface area contributed by atoms with Crippen molar-refractivity contribution in [1.29, 1.82) is 0 Å². The lowest BCUT2D eigenvalue weighted by atomic mass is 9.66. The number of aliphatic hydroxyl groups is 2. The van der Waals surface area contributed by atoms with Gasteiger partial charge in [0.15, 0.2) is 11.6 Å². The lowest BCUT2D eigenvalue weighted by Gasteiger charge is -2.35. The average Bonchev–Trinajstić information content (AvgIpc) is 2.73. The Hall–Kier alpha value is -3.14. The van der Waals surface area contributed by atoms with Gasteiger partial charge in [0.05, 0.1) is 5.41 Å². The van der Waals surface area contributed by atoms with Crippen molar-refractivity contribution in [1.82, 2.24) is 0 Å². The maximum absolute atomic E-state index is 13.7. The van der Waals surface area contributed by atoms with E-state index < -0.39 is 22.9 Å². The molecule has 1 atom stereocenters. The number of carbonyl (C=O) groups is 2. The Morgan fingerprint density at radius 2 is 1.41 bits per heavy atom. The number of hydrogen-bond acceptors (Lipinski definition) is 4. The second-order valence-corrected chi connectivity index (χ2v) is 7.70. The maximum atomic E-state index is 13.7. The normalized spacial score (nSPS) is 17.0. The van der Waals surface area contributed by atoms with Gasteiger partial charge in [-0.1, -0.05) is 74.5 Å². The minimum Gasteiger partial charge on any atom is -0.511 e. The summed E-state index contributed by atoms with van der Waals surface area (Å²) in [5.41, 5.74) is 0.193. The molecule has 0 spiro atoms. The van der Waals surface area contributed by atoms with Crippen molar-refractivity contribution >= 4 is 11.6 Å². The maximum Gasteiger partial charge on any atom is 0.184 e. The van der Waals surface area contributed by atoms with E-state index >= 15 is 0 Å². The van der Waals surface area contributed by atoms with Crippen LogP contribution in [0, 0.1) is 11.3 Å². The molecular formula is C25H26O4. The molecule has 0 amide bonds. The summed E-state index contributed by atoms with van der Waals surface area (Å²) in [4.78, 5) is 26.6. The Morgan fingerprint density at radius 1 is 0.931 bits per heavy atom. The molecule has 0 radical (unpaired) electrons. The largest absolute Gasteiger partial charge is 0.511 e. The van der Waals surface area contributed by atoms with Gasteiger partial charge in [-0.25, -0.2) is 0 Å². The van der Waals surface area contributed by atoms with E-state index in [1.807, 2.05) is 67.6 Å². The molecule has 2 N–H and O–H groups in total. The predicted molar refractivity (Wildman–Crippen MR) is 113 cm³/mol. The first-order chi connectivity index (χ1) is 13.9. The van der Waals surface area contributed by atoms with E-state index in [0.717, 1.165) is 11.1 Å². The molecular weight excluding hydrogens is 364 g/mol. The zero-order valence-electron chi connectivity index (χ0n) is 16.8. The number of hydrogen-bond donors (Lipinski definition) is 2. The van der Waals surface area contributed by atoms with Crippen LogP contribution in [0.3, 0.4) is 0 Å². The van der Waals surface area contributed by atoms with Gasteiger partial charge in [-0.2, -0.15) is 0 Å². The summed E-state index contributed by atoms with van der Waals surface area (Å²) >= 11 is 0. The van der Waals surface area contributed by atoms with Crippen molar-refractivity contribution in [2.75, 3.05) is 0 Å². The minimum absolute atomic E-state index is 0.205. The summed E-state index contributed by atoms with van der Waals surface area (Å²) in [5, 5.41) is 21.3. The third-order valence-electron chi connectivity index (χ3n) is 5.69. The predicted octanol–water partition coefficient (Wildman–Crippen LogP) is 4.91. The van der Waals surface area contributed by atoms with E-state index in [0.29, 0.717) is 6.42 Å². The van der Waals surface area contributed by atoms with Crippen LogP contribution in [-0.4, -0.2) is 21.8 Å². The highest BCUT2D eigenvalue weighted by molar-refractivity contribution is 6.24. The Bertz CT molecular complexity index is 913. The van der Waals surface area contributed by atoms with E-state index in [-0.39, 0.29) is 30.0 Å². The molecule has 1 aliphatic rings. The first-order valence-electron chi connectivity index (χ1n) is 9.90. The van der Waals surface area contributed by atoms with Crippen molar-refractivity contribution in [3.63, 3.8) is 0 Å². The van der Waals surface area contributed by atoms with Crippen LogP contribution in [0.15, 0.2) is 83.8 Å². The zero-order chi connectivity index (χ0) is 21.0. The van der Waals surface area contributed by atoms with Crippen molar-refractivity contribution in [3.05, 3.63) is 95.0 Å². The molecule has 0 saturated heterocycles. The van der Waals surface area contributed by atoms with Crippen LogP contribution in [0.25, 0.3) is 0 Å². The summed E-state index contributed by atoms with van der Waals surface area (Å²) in [7, 11) is 0. The second-order valence-electron chi connectivity index (χ2n) is 7.70. The fraction of sp³-hybridized carbons (Fsp3) is 0.280. The van der Waals surface area contributed by atoms with Gasteiger partial charge in [-0.05, 0) is 30.4 Å². The van der Waals surface area contributed by atoms with Crippen molar-refractivity contribution in [2.45, 2.75) is 33.1 Å². The van der Waals surface area contributed by atoms with E-state index in [4.69, 9.17) is 0 Å². The van der Waals surface area contributed by atoms with E-state index in [1.54, 1.807) is 6.92 Å². The fourth-order valence-corrected chi connectivity index (χ4v) is 3.77. The van der Waals surface area contributed by atoms with Gasteiger partial charge in [0.25, 0.3) is 0 Å². The quantitative estimate of drug-likeness (QED) is 0.659. The van der Waals surface area contributed by atoms with E-state index in [9.17, 15) is 19.8 Å². The molecule has 0 heterocycles. The minimum atomic E-state index is -1.34. The number of ketones is 2. The molecule has 1 unspecified atom stereocenters. The van der Waals surface area contributed by atoms with Crippen molar-refractivity contribution in [2.24, 2.45) is 11.3 Å². The molecule has 3 rings (SSSR count). The topological polar surface area (TPSA) is 74.6 Å². The number of aliphatic hydroxyl groups excluding tert-OH is 2. The number of carbonyl (C=O) groups excluding carboxylic acids is 2. The van der Waals surface area contributed by atoms with Crippen LogP contribution in [0.4, 0.5) is 0 Å². The molecule has 29 heavy (non-hydrogen) atoms. The van der Waals surface area contributed by atoms with Gasteiger partial charge in [0.1, 0.15) is 17.1 Å². The summed E-state index contributed by atoms with van der Waals surface area (Å²) in [6.07, 6.45) is 2.19. The van der Waals surface area contributed by atoms with Crippen LogP contribution in [0.2, 0.25) is 0 Å². The number of benzene rings is 2. The highest BCUT2D eigenvalue weighted by Gasteiger charge is 2.49. The molecule has 2 aromatic rings. The highest BCUT2D eigenvalue weighted by atomic mass is 16.3. The summed E-state index contributed by atoms with van der Waals surface area (Å²) in [6, 6.07) is 18.8.